The number of hydrogen-bond donors (Lipinski definition) is 1. The summed E-state index contributed by atoms with van der Waals surface area (Å²) in [6.07, 6.45) is 2.99. The molecular weight excluding hydrogens is 240 g/mol. The van der Waals surface area contributed by atoms with Gasteiger partial charge >= 0.3 is 0 Å². The highest BCUT2D eigenvalue weighted by molar-refractivity contribution is 5.95. The van der Waals surface area contributed by atoms with Crippen LogP contribution in [0.3, 0.4) is 0 Å². The molecule has 0 unspecified atom stereocenters. The highest BCUT2D eigenvalue weighted by atomic mass is 16.5. The number of allylic oxidation sites excluding steroid dienone is 1. The molecule has 2 rings (SSSR count). The lowest BCUT2D eigenvalue weighted by Gasteiger charge is -2.08. The van der Waals surface area contributed by atoms with Crippen LogP contribution in [0.4, 0.5) is 0 Å². The Bertz CT molecular complexity index is 566. The summed E-state index contributed by atoms with van der Waals surface area (Å²) in [5.74, 6) is 0.528. The number of rotatable bonds is 4. The van der Waals surface area contributed by atoms with Gasteiger partial charge < -0.3 is 10.1 Å². The number of hydrogen-bond acceptors (Lipinski definition) is 3. The number of nitrogens with zero attached hydrogens (tertiary/aromatic N) is 1. The Morgan fingerprint density at radius 3 is 2.84 bits per heavy atom. The highest BCUT2D eigenvalue weighted by Crippen LogP contribution is 2.34. The van der Waals surface area contributed by atoms with Gasteiger partial charge in [-0.2, -0.15) is 5.26 Å². The van der Waals surface area contributed by atoms with Crippen molar-refractivity contribution in [1.82, 2.24) is 5.32 Å². The molecule has 0 bridgehead atoms. The highest BCUT2D eigenvalue weighted by Gasteiger charge is 2.44. The Morgan fingerprint density at radius 1 is 1.53 bits per heavy atom. The van der Waals surface area contributed by atoms with Gasteiger partial charge in [-0.15, -0.1) is 0 Å². The monoisotopic (exact) mass is 256 g/mol. The molecule has 0 radical (unpaired) electrons. The van der Waals surface area contributed by atoms with E-state index in [-0.39, 0.29) is 5.91 Å². The Hall–Kier alpha value is -2.28. The molecule has 1 aliphatic rings. The van der Waals surface area contributed by atoms with Crippen molar-refractivity contribution in [2.45, 2.75) is 25.3 Å². The summed E-state index contributed by atoms with van der Waals surface area (Å²) in [5, 5.41) is 11.7. The number of benzene rings is 1. The molecule has 4 nitrogen and oxygen atoms in total. The summed E-state index contributed by atoms with van der Waals surface area (Å²) >= 11 is 0. The number of amides is 1. The van der Waals surface area contributed by atoms with E-state index in [0.29, 0.717) is 0 Å². The van der Waals surface area contributed by atoms with E-state index >= 15 is 0 Å². The van der Waals surface area contributed by atoms with Gasteiger partial charge in [-0.3, -0.25) is 4.79 Å². The van der Waals surface area contributed by atoms with Crippen molar-refractivity contribution in [3.8, 4) is 11.8 Å². The second kappa shape index (κ2) is 5.15. The topological polar surface area (TPSA) is 62.1 Å². The molecule has 1 saturated carbocycles. The zero-order valence-electron chi connectivity index (χ0n) is 11.1. The second-order valence-corrected chi connectivity index (χ2v) is 4.74. The molecule has 0 spiro atoms. The average Bonchev–Trinajstić information content (AvgIpc) is 3.18. The molecule has 1 N–H and O–H groups in total. The van der Waals surface area contributed by atoms with Crippen molar-refractivity contribution in [1.29, 1.82) is 5.26 Å². The van der Waals surface area contributed by atoms with Crippen LogP contribution in [-0.2, 0) is 4.79 Å². The molecule has 19 heavy (non-hydrogen) atoms. The van der Waals surface area contributed by atoms with E-state index < -0.39 is 5.54 Å². The molecule has 1 fully saturated rings. The van der Waals surface area contributed by atoms with E-state index in [0.717, 1.165) is 29.7 Å². The molecule has 0 saturated heterocycles. The van der Waals surface area contributed by atoms with Crippen molar-refractivity contribution in [2.24, 2.45) is 0 Å². The van der Waals surface area contributed by atoms with Gasteiger partial charge in [0.2, 0.25) is 5.91 Å². The predicted molar refractivity (Wildman–Crippen MR) is 72.4 cm³/mol. The number of methoxy groups -OCH3 is 1. The van der Waals surface area contributed by atoms with E-state index in [4.69, 9.17) is 10.00 Å². The fraction of sp³-hybridized carbons (Fsp3) is 0.333. The van der Waals surface area contributed by atoms with Crippen molar-refractivity contribution >= 4 is 11.5 Å². The van der Waals surface area contributed by atoms with E-state index in [9.17, 15) is 4.79 Å². The Balaban J connectivity index is 2.09. The number of carbonyl (C=O) groups is 1. The van der Waals surface area contributed by atoms with Gasteiger partial charge in [0.25, 0.3) is 0 Å². The number of nitriles is 1. The lowest BCUT2D eigenvalue weighted by atomic mass is 10.1. The SMILES string of the molecule is COc1cccc(/C(C)=C/C(=O)NC2(C#N)CC2)c1. The van der Waals surface area contributed by atoms with Gasteiger partial charge in [0.05, 0.1) is 13.2 Å². The lowest BCUT2D eigenvalue weighted by Crippen LogP contribution is -2.34. The first-order chi connectivity index (χ1) is 9.08. The first-order valence-electron chi connectivity index (χ1n) is 6.15. The van der Waals surface area contributed by atoms with Crippen LogP contribution in [0.25, 0.3) is 5.57 Å². The van der Waals surface area contributed by atoms with Gasteiger partial charge in [0.15, 0.2) is 0 Å². The number of carbonyl (C=O) groups excluding carboxylic acids is 1. The molecular formula is C15H16N2O2. The summed E-state index contributed by atoms with van der Waals surface area (Å²) in [4.78, 5) is 11.8. The fourth-order valence-corrected chi connectivity index (χ4v) is 1.81. The van der Waals surface area contributed by atoms with Crippen molar-refractivity contribution in [3.05, 3.63) is 35.9 Å². The Morgan fingerprint density at radius 2 is 2.26 bits per heavy atom. The van der Waals surface area contributed by atoms with Crippen LogP contribution in [0.5, 0.6) is 5.75 Å². The molecule has 98 valence electrons. The summed E-state index contributed by atoms with van der Waals surface area (Å²) in [5.41, 5.74) is 1.14. The van der Waals surface area contributed by atoms with Gasteiger partial charge in [0, 0.05) is 6.08 Å². The third-order valence-corrected chi connectivity index (χ3v) is 3.20. The average molecular weight is 256 g/mol. The predicted octanol–water partition coefficient (Wildman–Crippen LogP) is 2.27. The Labute approximate surface area is 112 Å². The number of ether oxygens (including phenoxy) is 1. The van der Waals surface area contributed by atoms with Crippen LogP contribution < -0.4 is 10.1 Å². The van der Waals surface area contributed by atoms with Crippen LogP contribution in [0.1, 0.15) is 25.3 Å². The zero-order valence-corrected chi connectivity index (χ0v) is 11.1. The number of nitrogens with one attached hydrogen (secondary N) is 1. The molecule has 0 atom stereocenters. The quantitative estimate of drug-likeness (QED) is 0.840. The van der Waals surface area contributed by atoms with Crippen LogP contribution >= 0.6 is 0 Å². The molecule has 1 aromatic carbocycles. The molecule has 0 heterocycles. The first-order valence-corrected chi connectivity index (χ1v) is 6.15. The lowest BCUT2D eigenvalue weighted by molar-refractivity contribution is -0.117. The molecule has 1 aromatic rings. The maximum atomic E-state index is 11.8. The molecule has 0 aliphatic heterocycles. The van der Waals surface area contributed by atoms with Crippen LogP contribution in [0.2, 0.25) is 0 Å². The minimum atomic E-state index is -0.623. The minimum Gasteiger partial charge on any atom is -0.497 e. The van der Waals surface area contributed by atoms with E-state index in [1.807, 2.05) is 31.2 Å². The standard InChI is InChI=1S/C15H16N2O2/c1-11(12-4-3-5-13(9-12)19-2)8-14(18)17-15(10-16)6-7-15/h3-5,8-9H,6-7H2,1-2H3,(H,17,18)/b11-8+. The van der Waals surface area contributed by atoms with E-state index in [2.05, 4.69) is 11.4 Å². The second-order valence-electron chi connectivity index (χ2n) is 4.74. The summed E-state index contributed by atoms with van der Waals surface area (Å²) in [6.45, 7) is 1.86. The molecule has 0 aromatic heterocycles. The van der Waals surface area contributed by atoms with Crippen LogP contribution in [0, 0.1) is 11.3 Å². The molecule has 1 amide bonds. The van der Waals surface area contributed by atoms with E-state index in [1.165, 1.54) is 6.08 Å². The van der Waals surface area contributed by atoms with Crippen LogP contribution in [-0.4, -0.2) is 18.6 Å². The van der Waals surface area contributed by atoms with Gasteiger partial charge in [0.1, 0.15) is 11.3 Å². The van der Waals surface area contributed by atoms with E-state index in [1.54, 1.807) is 7.11 Å². The van der Waals surface area contributed by atoms with Gasteiger partial charge in [-0.1, -0.05) is 12.1 Å². The summed E-state index contributed by atoms with van der Waals surface area (Å²) in [6, 6.07) is 9.65. The maximum Gasteiger partial charge on any atom is 0.245 e. The molecule has 4 heteroatoms. The van der Waals surface area contributed by atoms with Gasteiger partial charge in [-0.25, -0.2) is 0 Å². The maximum absolute atomic E-state index is 11.8. The first kappa shape index (κ1) is 13.2. The normalized spacial score (nSPS) is 16.4. The molecule has 1 aliphatic carbocycles. The van der Waals surface area contributed by atoms with Crippen molar-refractivity contribution in [3.63, 3.8) is 0 Å². The zero-order chi connectivity index (χ0) is 13.9. The summed E-state index contributed by atoms with van der Waals surface area (Å²) in [7, 11) is 1.61. The van der Waals surface area contributed by atoms with Crippen molar-refractivity contribution < 1.29 is 9.53 Å². The minimum absolute atomic E-state index is 0.223. The third-order valence-electron chi connectivity index (χ3n) is 3.20. The third kappa shape index (κ3) is 3.14. The van der Waals surface area contributed by atoms with Crippen molar-refractivity contribution in [2.75, 3.05) is 7.11 Å². The Kier molecular flexibility index (Phi) is 3.57. The fourth-order valence-electron chi connectivity index (χ4n) is 1.81. The van der Waals surface area contributed by atoms with Gasteiger partial charge in [-0.05, 0) is 43.0 Å². The smallest absolute Gasteiger partial charge is 0.245 e. The summed E-state index contributed by atoms with van der Waals surface area (Å²) < 4.78 is 5.15. The van der Waals surface area contributed by atoms with Crippen LogP contribution in [0.15, 0.2) is 30.3 Å². The largest absolute Gasteiger partial charge is 0.497 e.